The van der Waals surface area contributed by atoms with Gasteiger partial charge in [-0.1, -0.05) is 17.7 Å². The Morgan fingerprint density at radius 2 is 2.21 bits per heavy atom. The second-order valence-electron chi connectivity index (χ2n) is 4.52. The summed E-state index contributed by atoms with van der Waals surface area (Å²) in [5.74, 6) is 0. The molecule has 0 aliphatic heterocycles. The molecule has 0 saturated carbocycles. The van der Waals surface area contributed by atoms with Gasteiger partial charge in [0.05, 0.1) is 10.6 Å². The number of halogens is 1. The minimum absolute atomic E-state index is 0.377. The molecule has 0 N–H and O–H groups in total. The number of hydrogen-bond acceptors (Lipinski definition) is 3. The van der Waals surface area contributed by atoms with Gasteiger partial charge in [0.25, 0.3) is 0 Å². The highest BCUT2D eigenvalue weighted by atomic mass is 35.5. The summed E-state index contributed by atoms with van der Waals surface area (Å²) in [5.41, 5.74) is 1.55. The highest BCUT2D eigenvalue weighted by Gasteiger charge is 2.12. The van der Waals surface area contributed by atoms with Crippen LogP contribution in [0, 0.1) is 11.3 Å². The molecular formula is C15H15ClN2S. The van der Waals surface area contributed by atoms with E-state index in [9.17, 15) is 0 Å². The summed E-state index contributed by atoms with van der Waals surface area (Å²) in [6, 6.07) is 12.2. The molecule has 2 rings (SSSR count). The summed E-state index contributed by atoms with van der Waals surface area (Å²) >= 11 is 7.85. The quantitative estimate of drug-likeness (QED) is 0.837. The summed E-state index contributed by atoms with van der Waals surface area (Å²) in [5, 5.41) is 11.5. The van der Waals surface area contributed by atoms with Crippen LogP contribution in [-0.4, -0.2) is 13.1 Å². The Hall–Kier alpha value is -1.50. The second-order valence-corrected chi connectivity index (χ2v) is 5.96. The highest BCUT2D eigenvalue weighted by Crippen LogP contribution is 2.25. The maximum absolute atomic E-state index is 8.88. The van der Waals surface area contributed by atoms with Crippen LogP contribution in [0.4, 0.5) is 5.69 Å². The Morgan fingerprint density at radius 3 is 2.79 bits per heavy atom. The van der Waals surface area contributed by atoms with E-state index in [0.717, 1.165) is 12.1 Å². The standard InChI is InChI=1S/C15H15ClN2S/c1-11(8-14-4-3-7-19-14)18(2)13-6-5-12(10-17)15(16)9-13/h3-7,9,11H,8H2,1-2H3. The molecule has 0 radical (unpaired) electrons. The molecule has 0 saturated heterocycles. The van der Waals surface area contributed by atoms with Crippen LogP contribution in [0.1, 0.15) is 17.4 Å². The number of hydrogen-bond donors (Lipinski definition) is 0. The Morgan fingerprint density at radius 1 is 1.42 bits per heavy atom. The van der Waals surface area contributed by atoms with Crippen molar-refractivity contribution in [3.05, 3.63) is 51.2 Å². The molecule has 0 fully saturated rings. The summed E-state index contributed by atoms with van der Waals surface area (Å²) < 4.78 is 0. The van der Waals surface area contributed by atoms with Gasteiger partial charge in [-0.05, 0) is 36.6 Å². The van der Waals surface area contributed by atoms with Crippen LogP contribution in [0.3, 0.4) is 0 Å². The molecular weight excluding hydrogens is 276 g/mol. The van der Waals surface area contributed by atoms with Gasteiger partial charge in [-0.2, -0.15) is 5.26 Å². The first-order valence-electron chi connectivity index (χ1n) is 6.06. The van der Waals surface area contributed by atoms with Crippen molar-refractivity contribution < 1.29 is 0 Å². The van der Waals surface area contributed by atoms with Crippen molar-refractivity contribution in [3.8, 4) is 6.07 Å². The molecule has 1 unspecified atom stereocenters. The van der Waals surface area contributed by atoms with Crippen molar-refractivity contribution in [2.75, 3.05) is 11.9 Å². The van der Waals surface area contributed by atoms with Crippen molar-refractivity contribution in [3.63, 3.8) is 0 Å². The maximum atomic E-state index is 8.88. The summed E-state index contributed by atoms with van der Waals surface area (Å²) in [6.07, 6.45) is 1.01. The van der Waals surface area contributed by atoms with E-state index in [1.807, 2.05) is 12.1 Å². The largest absolute Gasteiger partial charge is 0.371 e. The Balaban J connectivity index is 2.13. The molecule has 0 amide bonds. The number of nitriles is 1. The normalized spacial score (nSPS) is 11.9. The SMILES string of the molecule is CC(Cc1cccs1)N(C)c1ccc(C#N)c(Cl)c1. The lowest BCUT2D eigenvalue weighted by Crippen LogP contribution is -2.30. The number of anilines is 1. The Bertz CT molecular complexity index is 587. The third-order valence-electron chi connectivity index (χ3n) is 3.22. The summed E-state index contributed by atoms with van der Waals surface area (Å²) in [6.45, 7) is 2.19. The number of rotatable bonds is 4. The fraction of sp³-hybridized carbons (Fsp3) is 0.267. The van der Waals surface area contributed by atoms with Gasteiger partial charge in [0.2, 0.25) is 0 Å². The molecule has 0 aliphatic carbocycles. The van der Waals surface area contributed by atoms with E-state index in [1.165, 1.54) is 4.88 Å². The molecule has 98 valence electrons. The number of thiophene rings is 1. The van der Waals surface area contributed by atoms with Crippen molar-refractivity contribution in [1.82, 2.24) is 0 Å². The van der Waals surface area contributed by atoms with E-state index >= 15 is 0 Å². The average molecular weight is 291 g/mol. The monoisotopic (exact) mass is 290 g/mol. The third-order valence-corrected chi connectivity index (χ3v) is 4.43. The lowest BCUT2D eigenvalue weighted by atomic mass is 10.1. The minimum Gasteiger partial charge on any atom is -0.371 e. The maximum Gasteiger partial charge on any atom is 0.101 e. The molecule has 0 spiro atoms. The van der Waals surface area contributed by atoms with Crippen molar-refractivity contribution in [1.29, 1.82) is 5.26 Å². The summed E-state index contributed by atoms with van der Waals surface area (Å²) in [4.78, 5) is 3.56. The highest BCUT2D eigenvalue weighted by molar-refractivity contribution is 7.09. The Labute approximate surface area is 122 Å². The topological polar surface area (TPSA) is 27.0 Å². The lowest BCUT2D eigenvalue weighted by molar-refractivity contribution is 0.688. The van der Waals surface area contributed by atoms with Crippen molar-refractivity contribution >= 4 is 28.6 Å². The average Bonchev–Trinajstić information content (AvgIpc) is 2.90. The van der Waals surface area contributed by atoms with E-state index in [0.29, 0.717) is 16.6 Å². The first kappa shape index (κ1) is 13.9. The van der Waals surface area contributed by atoms with Crippen molar-refractivity contribution in [2.45, 2.75) is 19.4 Å². The molecule has 1 aromatic heterocycles. The summed E-state index contributed by atoms with van der Waals surface area (Å²) in [7, 11) is 2.05. The van der Waals surface area contributed by atoms with Gasteiger partial charge in [0.15, 0.2) is 0 Å². The van der Waals surface area contributed by atoms with Gasteiger partial charge in [-0.3, -0.25) is 0 Å². The van der Waals surface area contributed by atoms with Crippen LogP contribution in [0.2, 0.25) is 5.02 Å². The van der Waals surface area contributed by atoms with E-state index in [2.05, 4.69) is 42.5 Å². The minimum atomic E-state index is 0.377. The molecule has 1 heterocycles. The van der Waals surface area contributed by atoms with Gasteiger partial charge >= 0.3 is 0 Å². The molecule has 0 aliphatic rings. The molecule has 1 aromatic carbocycles. The number of benzene rings is 1. The van der Waals surface area contributed by atoms with Crippen LogP contribution in [0.5, 0.6) is 0 Å². The fourth-order valence-corrected chi connectivity index (χ4v) is 2.97. The molecule has 2 aromatic rings. The number of nitrogens with zero attached hydrogens (tertiary/aromatic N) is 2. The van der Waals surface area contributed by atoms with E-state index in [4.69, 9.17) is 16.9 Å². The van der Waals surface area contributed by atoms with Crippen LogP contribution < -0.4 is 4.90 Å². The van der Waals surface area contributed by atoms with E-state index in [-0.39, 0.29) is 0 Å². The predicted octanol–water partition coefficient (Wildman–Crippen LogP) is 4.34. The van der Waals surface area contributed by atoms with Gasteiger partial charge in [0, 0.05) is 30.1 Å². The third kappa shape index (κ3) is 3.28. The van der Waals surface area contributed by atoms with Crippen LogP contribution in [0.25, 0.3) is 0 Å². The van der Waals surface area contributed by atoms with Crippen LogP contribution in [0.15, 0.2) is 35.7 Å². The molecule has 1 atom stereocenters. The zero-order valence-electron chi connectivity index (χ0n) is 10.9. The molecule has 2 nitrogen and oxygen atoms in total. The van der Waals surface area contributed by atoms with Gasteiger partial charge < -0.3 is 4.90 Å². The Kier molecular flexibility index (Phi) is 4.47. The fourth-order valence-electron chi connectivity index (χ4n) is 1.93. The first-order valence-corrected chi connectivity index (χ1v) is 7.32. The number of likely N-dealkylation sites (N-methyl/N-ethyl adjacent to an activating group) is 1. The molecule has 19 heavy (non-hydrogen) atoms. The zero-order chi connectivity index (χ0) is 13.8. The van der Waals surface area contributed by atoms with Crippen LogP contribution in [-0.2, 0) is 6.42 Å². The second kappa shape index (κ2) is 6.10. The van der Waals surface area contributed by atoms with Crippen LogP contribution >= 0.6 is 22.9 Å². The van der Waals surface area contributed by atoms with E-state index < -0.39 is 0 Å². The van der Waals surface area contributed by atoms with Gasteiger partial charge in [-0.25, -0.2) is 0 Å². The predicted molar refractivity (Wildman–Crippen MR) is 82.1 cm³/mol. The van der Waals surface area contributed by atoms with Gasteiger partial charge in [0.1, 0.15) is 6.07 Å². The van der Waals surface area contributed by atoms with E-state index in [1.54, 1.807) is 17.4 Å². The lowest BCUT2D eigenvalue weighted by Gasteiger charge is -2.27. The van der Waals surface area contributed by atoms with Crippen molar-refractivity contribution in [2.24, 2.45) is 0 Å². The molecule has 0 bridgehead atoms. The zero-order valence-corrected chi connectivity index (χ0v) is 12.5. The first-order chi connectivity index (χ1) is 9.11. The van der Waals surface area contributed by atoms with Gasteiger partial charge in [-0.15, -0.1) is 11.3 Å². The molecule has 4 heteroatoms. The smallest absolute Gasteiger partial charge is 0.101 e.